The molecule has 7 heteroatoms. The zero-order valence-corrected chi connectivity index (χ0v) is 12.2. The molecule has 116 valence electrons. The van der Waals surface area contributed by atoms with Gasteiger partial charge in [-0.3, -0.25) is 19.5 Å². The van der Waals surface area contributed by atoms with E-state index in [-0.39, 0.29) is 0 Å². The molecular weight excluding hydrogens is 284 g/mol. The molecule has 0 aliphatic carbocycles. The van der Waals surface area contributed by atoms with E-state index in [0.29, 0.717) is 17.8 Å². The van der Waals surface area contributed by atoms with Crippen molar-refractivity contribution in [2.45, 2.75) is 26.3 Å². The third-order valence-electron chi connectivity index (χ3n) is 3.31. The van der Waals surface area contributed by atoms with E-state index in [1.54, 1.807) is 28.4 Å². The molecule has 1 aromatic heterocycles. The van der Waals surface area contributed by atoms with Gasteiger partial charge in [-0.25, -0.2) is 5.48 Å². The Morgan fingerprint density at radius 2 is 2.00 bits per heavy atom. The Morgan fingerprint density at radius 3 is 2.59 bits per heavy atom. The fourth-order valence-electron chi connectivity index (χ4n) is 2.23. The van der Waals surface area contributed by atoms with E-state index in [1.807, 2.05) is 19.1 Å². The zero-order chi connectivity index (χ0) is 16.1. The fraction of sp³-hybridized carbons (Fsp3) is 0.267. The maximum Gasteiger partial charge on any atom is 0.274 e. The average molecular weight is 302 g/mol. The number of hydrogen-bond donors (Lipinski definition) is 3. The number of hydroxylamine groups is 1. The van der Waals surface area contributed by atoms with E-state index < -0.39 is 11.8 Å². The Kier molecular flexibility index (Phi) is 4.90. The lowest BCUT2D eigenvalue weighted by Crippen LogP contribution is -2.18. The molecule has 0 unspecified atom stereocenters. The van der Waals surface area contributed by atoms with Crippen molar-refractivity contribution in [1.82, 2.24) is 15.3 Å². The van der Waals surface area contributed by atoms with E-state index in [0.717, 1.165) is 24.1 Å². The first-order chi connectivity index (χ1) is 10.5. The first-order valence-electron chi connectivity index (χ1n) is 6.89. The summed E-state index contributed by atoms with van der Waals surface area (Å²) < 4.78 is 1.62. The molecule has 0 radical (unpaired) electrons. The van der Waals surface area contributed by atoms with Crippen molar-refractivity contribution in [2.24, 2.45) is 5.73 Å². The highest BCUT2D eigenvalue weighted by Crippen LogP contribution is 2.09. The minimum absolute atomic E-state index is 0.393. The van der Waals surface area contributed by atoms with E-state index in [4.69, 9.17) is 10.9 Å². The van der Waals surface area contributed by atoms with Crippen LogP contribution >= 0.6 is 0 Å². The average Bonchev–Trinajstić information content (AvgIpc) is 2.88. The Labute approximate surface area is 127 Å². The molecule has 7 nitrogen and oxygen atoms in total. The summed E-state index contributed by atoms with van der Waals surface area (Å²) in [7, 11) is 0. The van der Waals surface area contributed by atoms with E-state index in [9.17, 15) is 9.59 Å². The number of nitrogens with two attached hydrogens (primary N) is 1. The maximum atomic E-state index is 11.3. The third-order valence-corrected chi connectivity index (χ3v) is 3.31. The second-order valence-corrected chi connectivity index (χ2v) is 5.00. The summed E-state index contributed by atoms with van der Waals surface area (Å²) in [5.74, 6) is -1.02. The summed E-state index contributed by atoms with van der Waals surface area (Å²) >= 11 is 0. The Hall–Kier alpha value is -2.67. The van der Waals surface area contributed by atoms with Gasteiger partial charge >= 0.3 is 0 Å². The molecule has 2 aromatic rings. The SMILES string of the molecule is Cc1cc(C(N)=O)n(CCCc2ccc(C(=O)NO)cc2)n1. The molecule has 0 atom stereocenters. The normalized spacial score (nSPS) is 10.5. The fourth-order valence-corrected chi connectivity index (χ4v) is 2.23. The van der Waals surface area contributed by atoms with Gasteiger partial charge in [0.15, 0.2) is 0 Å². The quantitative estimate of drug-likeness (QED) is 0.547. The number of nitrogens with zero attached hydrogens (tertiary/aromatic N) is 2. The number of aromatic nitrogens is 2. The van der Waals surface area contributed by atoms with Gasteiger partial charge in [0, 0.05) is 12.1 Å². The number of nitrogens with one attached hydrogen (secondary N) is 1. The molecule has 0 spiro atoms. The Bertz CT molecular complexity index is 677. The van der Waals surface area contributed by atoms with Gasteiger partial charge in [0.1, 0.15) is 5.69 Å². The van der Waals surface area contributed by atoms with E-state index in [1.165, 1.54) is 0 Å². The monoisotopic (exact) mass is 302 g/mol. The second-order valence-electron chi connectivity index (χ2n) is 5.00. The molecule has 2 rings (SSSR count). The lowest BCUT2D eigenvalue weighted by atomic mass is 10.1. The van der Waals surface area contributed by atoms with Crippen molar-refractivity contribution >= 4 is 11.8 Å². The van der Waals surface area contributed by atoms with Crippen LogP contribution in [0.15, 0.2) is 30.3 Å². The van der Waals surface area contributed by atoms with Gasteiger partial charge < -0.3 is 5.73 Å². The van der Waals surface area contributed by atoms with Crippen molar-refractivity contribution in [3.8, 4) is 0 Å². The van der Waals surface area contributed by atoms with Crippen LogP contribution in [-0.2, 0) is 13.0 Å². The predicted octanol–water partition coefficient (Wildman–Crippen LogP) is 1.04. The minimum Gasteiger partial charge on any atom is -0.364 e. The van der Waals surface area contributed by atoms with Gasteiger partial charge in [0.2, 0.25) is 0 Å². The second kappa shape index (κ2) is 6.86. The number of hydrogen-bond acceptors (Lipinski definition) is 4. The zero-order valence-electron chi connectivity index (χ0n) is 12.2. The number of amides is 2. The molecule has 0 aliphatic rings. The topological polar surface area (TPSA) is 110 Å². The van der Waals surface area contributed by atoms with Crippen LogP contribution in [0.4, 0.5) is 0 Å². The van der Waals surface area contributed by atoms with Gasteiger partial charge in [-0.1, -0.05) is 12.1 Å². The van der Waals surface area contributed by atoms with E-state index in [2.05, 4.69) is 5.10 Å². The molecule has 4 N–H and O–H groups in total. The summed E-state index contributed by atoms with van der Waals surface area (Å²) in [6, 6.07) is 8.62. The van der Waals surface area contributed by atoms with Crippen molar-refractivity contribution in [3.63, 3.8) is 0 Å². The maximum absolute atomic E-state index is 11.3. The van der Waals surface area contributed by atoms with Crippen LogP contribution in [0.5, 0.6) is 0 Å². The first kappa shape index (κ1) is 15.7. The van der Waals surface area contributed by atoms with Gasteiger partial charge in [-0.2, -0.15) is 5.10 Å². The van der Waals surface area contributed by atoms with Gasteiger partial charge in [-0.15, -0.1) is 0 Å². The van der Waals surface area contributed by atoms with Gasteiger partial charge in [0.05, 0.1) is 5.69 Å². The molecule has 2 amide bonds. The van der Waals surface area contributed by atoms with Crippen molar-refractivity contribution in [3.05, 3.63) is 52.8 Å². The number of rotatable bonds is 6. The van der Waals surface area contributed by atoms with Crippen LogP contribution in [0, 0.1) is 6.92 Å². The molecular formula is C15H18N4O3. The molecule has 1 aromatic carbocycles. The van der Waals surface area contributed by atoms with Crippen LogP contribution in [0.3, 0.4) is 0 Å². The Balaban J connectivity index is 1.94. The molecule has 0 saturated heterocycles. The molecule has 0 fully saturated rings. The molecule has 1 heterocycles. The lowest BCUT2D eigenvalue weighted by Gasteiger charge is -2.06. The summed E-state index contributed by atoms with van der Waals surface area (Å²) in [6.07, 6.45) is 1.56. The predicted molar refractivity (Wildman–Crippen MR) is 79.5 cm³/mol. The van der Waals surface area contributed by atoms with Crippen LogP contribution in [-0.4, -0.2) is 26.8 Å². The number of carbonyl (C=O) groups is 2. The van der Waals surface area contributed by atoms with Crippen LogP contribution < -0.4 is 11.2 Å². The summed E-state index contributed by atoms with van der Waals surface area (Å²) in [5.41, 5.74) is 9.52. The number of carbonyl (C=O) groups excluding carboxylic acids is 2. The van der Waals surface area contributed by atoms with Gasteiger partial charge in [-0.05, 0) is 43.5 Å². The molecule has 22 heavy (non-hydrogen) atoms. The standard InChI is InChI=1S/C15H18N4O3/c1-10-9-13(14(16)20)19(17-10)8-2-3-11-4-6-12(7-5-11)15(21)18-22/h4-7,9,22H,2-3,8H2,1H3,(H2,16,20)(H,18,21). The lowest BCUT2D eigenvalue weighted by molar-refractivity contribution is 0.0706. The summed E-state index contributed by atoms with van der Waals surface area (Å²) in [4.78, 5) is 22.5. The number of aryl methyl sites for hydroxylation is 3. The Morgan fingerprint density at radius 1 is 1.32 bits per heavy atom. The number of primary amides is 1. The third kappa shape index (κ3) is 3.70. The highest BCUT2D eigenvalue weighted by atomic mass is 16.5. The molecule has 0 saturated carbocycles. The van der Waals surface area contributed by atoms with Gasteiger partial charge in [0.25, 0.3) is 11.8 Å². The molecule has 0 bridgehead atoms. The van der Waals surface area contributed by atoms with Crippen LogP contribution in [0.1, 0.15) is 38.5 Å². The van der Waals surface area contributed by atoms with Crippen molar-refractivity contribution in [1.29, 1.82) is 0 Å². The summed E-state index contributed by atoms with van der Waals surface area (Å²) in [6.45, 7) is 2.40. The minimum atomic E-state index is -0.537. The van der Waals surface area contributed by atoms with Crippen molar-refractivity contribution < 1.29 is 14.8 Å². The highest BCUT2D eigenvalue weighted by Gasteiger charge is 2.10. The smallest absolute Gasteiger partial charge is 0.274 e. The van der Waals surface area contributed by atoms with Crippen molar-refractivity contribution in [2.75, 3.05) is 0 Å². The van der Waals surface area contributed by atoms with Crippen LogP contribution in [0.25, 0.3) is 0 Å². The highest BCUT2D eigenvalue weighted by molar-refractivity contribution is 5.93. The van der Waals surface area contributed by atoms with Crippen LogP contribution in [0.2, 0.25) is 0 Å². The molecule has 0 aliphatic heterocycles. The first-order valence-corrected chi connectivity index (χ1v) is 6.89. The largest absolute Gasteiger partial charge is 0.364 e. The number of benzene rings is 1. The van der Waals surface area contributed by atoms with E-state index >= 15 is 0 Å². The summed E-state index contributed by atoms with van der Waals surface area (Å²) in [5, 5.41) is 12.8.